The molecule has 4 atom stereocenters. The van der Waals surface area contributed by atoms with Gasteiger partial charge in [0.05, 0.1) is 23.8 Å². The lowest BCUT2D eigenvalue weighted by molar-refractivity contribution is -0.153. The molecule has 1 aliphatic heterocycles. The number of hydrogen-bond acceptors (Lipinski definition) is 10. The number of fused-ring (bicyclic) bond motifs is 4. The van der Waals surface area contributed by atoms with Crippen molar-refractivity contribution in [3.8, 4) is 5.75 Å². The number of Topliss-reactive ketones (excluding diaryl/α,β-unsaturated/α-hetero) is 2. The summed E-state index contributed by atoms with van der Waals surface area (Å²) in [6.07, 6.45) is -0.364. The van der Waals surface area contributed by atoms with E-state index >= 15 is 4.39 Å². The summed E-state index contributed by atoms with van der Waals surface area (Å²) in [7, 11) is 2.98. The van der Waals surface area contributed by atoms with Crippen LogP contribution in [-0.2, 0) is 38.7 Å². The number of aliphatic hydroxyl groups is 3. The van der Waals surface area contributed by atoms with Crippen molar-refractivity contribution in [2.45, 2.75) is 37.6 Å². The SMILES string of the molecule is CN(C)[C@@H]1C(=O)C(C(N)=O)=C(O)[C@@]2(O)C(=O)C3=C(O)c4c(O)c(NC(=O)CN5Cc6ccccc6C5)cc(F)c4C[C@H]3C[C@@H]12.Cl.Cl. The monoisotopic (exact) mass is 678 g/mol. The molecule has 0 saturated heterocycles. The van der Waals surface area contributed by atoms with E-state index in [9.17, 15) is 39.6 Å². The lowest BCUT2D eigenvalue weighted by atomic mass is 9.57. The topological polar surface area (TPSA) is 194 Å². The van der Waals surface area contributed by atoms with Gasteiger partial charge in [-0.25, -0.2) is 4.39 Å². The van der Waals surface area contributed by atoms with Gasteiger partial charge in [-0.1, -0.05) is 24.3 Å². The number of rotatable bonds is 5. The van der Waals surface area contributed by atoms with Gasteiger partial charge in [0.1, 0.15) is 22.9 Å². The average molecular weight is 680 g/mol. The predicted molar refractivity (Wildman–Crippen MR) is 168 cm³/mol. The lowest BCUT2D eigenvalue weighted by Gasteiger charge is -2.50. The molecule has 3 aliphatic carbocycles. The van der Waals surface area contributed by atoms with Gasteiger partial charge >= 0.3 is 0 Å². The lowest BCUT2D eigenvalue weighted by Crippen LogP contribution is -2.65. The molecular formula is C31H33Cl2FN4O8. The van der Waals surface area contributed by atoms with Crippen molar-refractivity contribution in [1.29, 1.82) is 0 Å². The van der Waals surface area contributed by atoms with E-state index in [1.54, 1.807) is 0 Å². The highest BCUT2D eigenvalue weighted by molar-refractivity contribution is 6.24. The first-order chi connectivity index (χ1) is 20.7. The van der Waals surface area contributed by atoms with Crippen LogP contribution in [0.5, 0.6) is 5.75 Å². The fourth-order valence-electron chi connectivity index (χ4n) is 7.27. The minimum Gasteiger partial charge on any atom is -0.508 e. The second-order valence-corrected chi connectivity index (χ2v) is 12.0. The van der Waals surface area contributed by atoms with Gasteiger partial charge in [-0.3, -0.25) is 29.0 Å². The molecule has 1 fully saturated rings. The number of nitrogens with one attached hydrogen (secondary N) is 1. The molecule has 12 nitrogen and oxygen atoms in total. The minimum absolute atomic E-state index is 0. The molecule has 0 spiro atoms. The zero-order chi connectivity index (χ0) is 31.8. The number of amides is 2. The summed E-state index contributed by atoms with van der Waals surface area (Å²) in [6.45, 7) is 1.01. The van der Waals surface area contributed by atoms with Gasteiger partial charge in [-0.05, 0) is 44.0 Å². The number of halogens is 3. The number of primary amides is 1. The summed E-state index contributed by atoms with van der Waals surface area (Å²) in [5.74, 6) is -9.76. The average Bonchev–Trinajstić information content (AvgIpc) is 3.35. The Kier molecular flexibility index (Phi) is 9.32. The van der Waals surface area contributed by atoms with Crippen LogP contribution in [0.15, 0.2) is 47.2 Å². The first-order valence-corrected chi connectivity index (χ1v) is 14.0. The van der Waals surface area contributed by atoms with Crippen molar-refractivity contribution in [3.63, 3.8) is 0 Å². The van der Waals surface area contributed by atoms with Crippen LogP contribution >= 0.6 is 24.8 Å². The molecule has 15 heteroatoms. The highest BCUT2D eigenvalue weighted by Crippen LogP contribution is 2.53. The number of benzene rings is 2. The van der Waals surface area contributed by atoms with Crippen LogP contribution in [0.2, 0.25) is 0 Å². The normalized spacial score (nSPS) is 25.2. The quantitative estimate of drug-likeness (QED) is 0.201. The van der Waals surface area contributed by atoms with Crippen molar-refractivity contribution in [2.75, 3.05) is 26.0 Å². The first kappa shape index (κ1) is 34.9. The Labute approximate surface area is 275 Å². The van der Waals surface area contributed by atoms with E-state index in [0.717, 1.165) is 17.2 Å². The van der Waals surface area contributed by atoms with Crippen molar-refractivity contribution in [3.05, 3.63) is 75.3 Å². The number of anilines is 1. The van der Waals surface area contributed by atoms with Gasteiger partial charge in [0, 0.05) is 36.2 Å². The molecule has 0 aromatic heterocycles. The minimum atomic E-state index is -2.81. The van der Waals surface area contributed by atoms with Crippen LogP contribution in [0.3, 0.4) is 0 Å². The molecule has 0 unspecified atom stereocenters. The number of hydrogen-bond donors (Lipinski definition) is 6. The fraction of sp³-hybridized carbons (Fsp3) is 0.355. The molecule has 7 N–H and O–H groups in total. The molecule has 246 valence electrons. The predicted octanol–water partition coefficient (Wildman–Crippen LogP) is 1.90. The molecule has 1 saturated carbocycles. The Bertz CT molecular complexity index is 1720. The third-order valence-electron chi connectivity index (χ3n) is 9.21. The summed E-state index contributed by atoms with van der Waals surface area (Å²) in [4.78, 5) is 55.4. The Morgan fingerprint density at radius 2 is 1.72 bits per heavy atom. The fourth-order valence-corrected chi connectivity index (χ4v) is 7.27. The third-order valence-corrected chi connectivity index (χ3v) is 9.21. The Hall–Kier alpha value is -4.01. The van der Waals surface area contributed by atoms with Crippen molar-refractivity contribution in [1.82, 2.24) is 9.80 Å². The maximum Gasteiger partial charge on any atom is 0.255 e. The Balaban J connectivity index is 0.00000240. The number of phenols is 1. The summed E-state index contributed by atoms with van der Waals surface area (Å²) < 4.78 is 15.6. The molecule has 6 rings (SSSR count). The summed E-state index contributed by atoms with van der Waals surface area (Å²) in [5.41, 5.74) is 2.46. The van der Waals surface area contributed by atoms with Crippen LogP contribution in [0.4, 0.5) is 10.1 Å². The zero-order valence-corrected chi connectivity index (χ0v) is 26.4. The van der Waals surface area contributed by atoms with Gasteiger partial charge < -0.3 is 31.5 Å². The number of aromatic hydroxyl groups is 1. The highest BCUT2D eigenvalue weighted by atomic mass is 35.5. The molecule has 46 heavy (non-hydrogen) atoms. The second kappa shape index (κ2) is 12.3. The highest BCUT2D eigenvalue weighted by Gasteiger charge is 2.64. The van der Waals surface area contributed by atoms with Gasteiger partial charge in [-0.2, -0.15) is 0 Å². The van der Waals surface area contributed by atoms with Gasteiger partial charge in [0.15, 0.2) is 17.1 Å². The van der Waals surface area contributed by atoms with E-state index in [-0.39, 0.29) is 55.5 Å². The summed E-state index contributed by atoms with van der Waals surface area (Å²) >= 11 is 0. The number of carbonyl (C=O) groups is 4. The first-order valence-electron chi connectivity index (χ1n) is 14.0. The molecule has 4 aliphatic rings. The van der Waals surface area contributed by atoms with E-state index in [0.29, 0.717) is 13.1 Å². The number of nitrogens with zero attached hydrogens (tertiary/aromatic N) is 2. The van der Waals surface area contributed by atoms with Crippen LogP contribution in [-0.4, -0.2) is 85.9 Å². The third kappa shape index (κ3) is 5.12. The van der Waals surface area contributed by atoms with Crippen molar-refractivity contribution in [2.24, 2.45) is 17.6 Å². The van der Waals surface area contributed by atoms with Gasteiger partial charge in [0.2, 0.25) is 11.7 Å². The van der Waals surface area contributed by atoms with E-state index in [1.165, 1.54) is 19.0 Å². The van der Waals surface area contributed by atoms with E-state index < -0.39 is 86.7 Å². The molecule has 2 amide bonds. The number of ketones is 2. The smallest absolute Gasteiger partial charge is 0.255 e. The van der Waals surface area contributed by atoms with Crippen LogP contribution < -0.4 is 11.1 Å². The molecule has 2 aromatic carbocycles. The summed E-state index contributed by atoms with van der Waals surface area (Å²) in [6, 6.07) is 7.42. The molecular weight excluding hydrogens is 646 g/mol. The number of phenolic OH excluding ortho intramolecular Hbond substituents is 1. The van der Waals surface area contributed by atoms with E-state index in [2.05, 4.69) is 5.32 Å². The number of likely N-dealkylation sites (N-methyl/N-ethyl adjacent to an activating group) is 1. The molecule has 1 heterocycles. The Morgan fingerprint density at radius 1 is 1.11 bits per heavy atom. The number of nitrogens with two attached hydrogens (primary N) is 1. The van der Waals surface area contributed by atoms with Crippen LogP contribution in [0.25, 0.3) is 5.76 Å². The maximum absolute atomic E-state index is 15.6. The summed E-state index contributed by atoms with van der Waals surface area (Å²) in [5, 5.41) is 47.6. The van der Waals surface area contributed by atoms with E-state index in [1.807, 2.05) is 29.2 Å². The Morgan fingerprint density at radius 3 is 2.28 bits per heavy atom. The number of carbonyl (C=O) groups excluding carboxylic acids is 4. The van der Waals surface area contributed by atoms with Crippen LogP contribution in [0.1, 0.15) is 28.7 Å². The van der Waals surface area contributed by atoms with Crippen molar-refractivity contribution < 1.29 is 44.0 Å². The van der Waals surface area contributed by atoms with Crippen molar-refractivity contribution >= 4 is 59.6 Å². The zero-order valence-electron chi connectivity index (χ0n) is 24.7. The van der Waals surface area contributed by atoms with Gasteiger partial charge in [0.25, 0.3) is 5.91 Å². The largest absolute Gasteiger partial charge is 0.508 e. The molecule has 0 bridgehead atoms. The number of aliphatic hydroxyl groups excluding tert-OH is 2. The molecule has 0 radical (unpaired) electrons. The standard InChI is InChI=1S/C31H31FN4O8.2ClH/c1-35(2)24-17-8-15-7-16-18(32)9-19(34-20(37)12-36-10-13-5-3-4-6-14(13)11-36)25(38)22(16)26(39)21(15)28(41)31(17,44)29(42)23(27(24)40)30(33)43;;/h3-6,9,15,17,24,38-39,42,44H,7-8,10-12H2,1-2H3,(H2,33,43)(H,34,37);2*1H/t15-,17-,24-,31-;;/m0../s1. The maximum atomic E-state index is 15.6. The van der Waals surface area contributed by atoms with E-state index in [4.69, 9.17) is 5.73 Å². The van der Waals surface area contributed by atoms with Gasteiger partial charge in [-0.15, -0.1) is 24.8 Å². The van der Waals surface area contributed by atoms with Crippen LogP contribution in [0, 0.1) is 17.7 Å². The second-order valence-electron chi connectivity index (χ2n) is 12.0. The molecule has 2 aromatic rings.